The summed E-state index contributed by atoms with van der Waals surface area (Å²) in [6, 6.07) is 0. The van der Waals surface area contributed by atoms with Gasteiger partial charge in [0.1, 0.15) is 0 Å². The van der Waals surface area contributed by atoms with Gasteiger partial charge in [-0.3, -0.25) is 0 Å². The van der Waals surface area contributed by atoms with Crippen molar-refractivity contribution in [1.82, 2.24) is 0 Å². The van der Waals surface area contributed by atoms with Gasteiger partial charge in [0, 0.05) is 0 Å². The van der Waals surface area contributed by atoms with Crippen molar-refractivity contribution in [3.63, 3.8) is 0 Å². The van der Waals surface area contributed by atoms with Crippen LogP contribution in [0.25, 0.3) is 0 Å². The monoisotopic (exact) mass is 474 g/mol. The molecule has 0 nitrogen and oxygen atoms in total. The van der Waals surface area contributed by atoms with Crippen molar-refractivity contribution in [2.24, 2.45) is 11.8 Å². The Kier molecular flexibility index (Phi) is 0.510. The first-order valence-electron chi connectivity index (χ1n) is 12.2. The predicted molar refractivity (Wildman–Crippen MR) is 88.5 cm³/mol. The molecule has 23 heavy (non-hydrogen) atoms. The van der Waals surface area contributed by atoms with Gasteiger partial charge in [0.2, 0.25) is 0 Å². The first-order valence-corrected chi connectivity index (χ1v) is 32.4. The molecule has 12 fully saturated rings. The molecule has 4 unspecified atom stereocenters. The molecule has 2 aliphatic carbocycles. The van der Waals surface area contributed by atoms with E-state index in [2.05, 4.69) is 0 Å². The van der Waals surface area contributed by atoms with Crippen LogP contribution in [0.5, 0.6) is 0 Å². The van der Waals surface area contributed by atoms with Crippen molar-refractivity contribution >= 4 is 0 Å². The Morgan fingerprint density at radius 3 is 1.17 bits per heavy atom. The van der Waals surface area contributed by atoms with Crippen molar-refractivity contribution in [3.05, 3.63) is 0 Å². The summed E-state index contributed by atoms with van der Waals surface area (Å²) >= 11 is -3.68. The zero-order chi connectivity index (χ0) is 14.2. The summed E-state index contributed by atoms with van der Waals surface area (Å²) in [5.41, 5.74) is 0. The third-order valence-electron chi connectivity index (χ3n) is 25.3. The fourth-order valence-electron chi connectivity index (χ4n) is 30.9. The number of hydrogen-bond acceptors (Lipinski definition) is 0. The summed E-state index contributed by atoms with van der Waals surface area (Å²) in [6.45, 7) is 0. The van der Waals surface area contributed by atoms with E-state index >= 15 is 0 Å². The van der Waals surface area contributed by atoms with Crippen LogP contribution >= 0.6 is 0 Å². The van der Waals surface area contributed by atoms with E-state index in [1.54, 1.807) is 93.6 Å². The molecule has 0 N–H and O–H groups in total. The van der Waals surface area contributed by atoms with Gasteiger partial charge in [-0.25, -0.2) is 0 Å². The second kappa shape index (κ2) is 1.14. The Bertz CT molecular complexity index is 1040. The molecule has 0 aromatic heterocycles. The van der Waals surface area contributed by atoms with Crippen LogP contribution in [0.3, 0.4) is 0 Å². The minimum atomic E-state index is -3.68. The fourth-order valence-corrected chi connectivity index (χ4v) is 430. The summed E-state index contributed by atoms with van der Waals surface area (Å²) in [4.78, 5) is 0. The molecule has 0 amide bonds. The first-order chi connectivity index (χ1) is 11.1. The van der Waals surface area contributed by atoms with Crippen LogP contribution in [-0.2, 0) is 11.2 Å². The normalized spacial score (nSPS) is 104. The van der Waals surface area contributed by atoms with Crippen molar-refractivity contribution in [2.75, 3.05) is 0 Å². The Labute approximate surface area is 122 Å². The van der Waals surface area contributed by atoms with E-state index in [1.807, 2.05) is 0 Å². The molecular formula is C22H30Hf. The van der Waals surface area contributed by atoms with E-state index in [9.17, 15) is 0 Å². The molecule has 10 heterocycles. The molecule has 10 aliphatic heterocycles. The molecule has 12 rings (SSSR count). The SMILES string of the molecule is C1CCC([C]23[CH]4[CH]5[CH]6[C]2(C2CCCCC2)[Hf]54632789[CH]3[CH]2[CH]7[CH]8[CH]39)CC1. The van der Waals surface area contributed by atoms with Crippen molar-refractivity contribution in [2.45, 2.75) is 99.9 Å². The molecule has 10 saturated heterocycles. The third-order valence-corrected chi connectivity index (χ3v) is 167. The van der Waals surface area contributed by atoms with E-state index in [0.717, 1.165) is 0 Å². The van der Waals surface area contributed by atoms with Gasteiger partial charge in [-0.05, 0) is 0 Å². The molecule has 0 aromatic carbocycles. The maximum absolute atomic E-state index is 3.68. The van der Waals surface area contributed by atoms with Gasteiger partial charge in [-0.1, -0.05) is 0 Å². The Hall–Kier alpha value is 0.870. The van der Waals surface area contributed by atoms with Crippen LogP contribution in [0.1, 0.15) is 64.2 Å². The average molecular weight is 473 g/mol. The van der Waals surface area contributed by atoms with Crippen LogP contribution in [0.15, 0.2) is 0 Å². The molecule has 122 valence electrons. The maximum atomic E-state index is 1.73. The van der Waals surface area contributed by atoms with Crippen LogP contribution in [0.2, 0.25) is 35.7 Å². The molecule has 0 bridgehead atoms. The van der Waals surface area contributed by atoms with Crippen molar-refractivity contribution in [3.8, 4) is 0 Å². The summed E-state index contributed by atoms with van der Waals surface area (Å²) < 4.78 is 15.3. The number of fused-ring (bicyclic) bond motifs is 10. The standard InChI is InChI=1S/C17H25.C5H5.Hf/c1-3-8-14(9-4-1)16-12-7-13-17(16)15-10-5-2-6-11-15;1-2-4-5-3-1;/h7,12-15H,1-6,8-11H2;1-5H;. The minimum absolute atomic E-state index is 1.26. The number of rotatable bonds is 2. The van der Waals surface area contributed by atoms with Gasteiger partial charge in [-0.2, -0.15) is 0 Å². The molecule has 12 aliphatic rings. The van der Waals surface area contributed by atoms with E-state index < -0.39 is 11.2 Å². The second-order valence-corrected chi connectivity index (χ2v) is 93.4. The van der Waals surface area contributed by atoms with Gasteiger partial charge in [0.05, 0.1) is 0 Å². The van der Waals surface area contributed by atoms with Gasteiger partial charge >= 0.3 is 123 Å². The molecule has 0 aromatic rings. The van der Waals surface area contributed by atoms with Crippen LogP contribution in [0.4, 0.5) is 0 Å². The zero-order valence-corrected chi connectivity index (χ0v) is 17.9. The van der Waals surface area contributed by atoms with Crippen LogP contribution in [-0.4, -0.2) is 0 Å². The predicted octanol–water partition coefficient (Wildman–Crippen LogP) is 7.28. The Morgan fingerprint density at radius 2 is 0.870 bits per heavy atom. The van der Waals surface area contributed by atoms with E-state index in [-0.39, 0.29) is 0 Å². The topological polar surface area (TPSA) is 0 Å². The van der Waals surface area contributed by atoms with Crippen LogP contribution < -0.4 is 0 Å². The number of hydrogen-bond donors (Lipinski definition) is 0. The first kappa shape index (κ1) is 10.3. The molecule has 1 spiro atoms. The van der Waals surface area contributed by atoms with Crippen molar-refractivity contribution in [1.29, 1.82) is 0 Å². The Balaban J connectivity index is 1.30. The van der Waals surface area contributed by atoms with Gasteiger partial charge in [0.15, 0.2) is 0 Å². The van der Waals surface area contributed by atoms with Gasteiger partial charge in [-0.15, -0.1) is 0 Å². The molecule has 2 saturated carbocycles. The fraction of sp³-hybridized carbons (Fsp3) is 1.00. The second-order valence-electron chi connectivity index (χ2n) is 17.6. The third kappa shape index (κ3) is 0.152. The van der Waals surface area contributed by atoms with E-state index in [0.29, 0.717) is 0 Å². The summed E-state index contributed by atoms with van der Waals surface area (Å²) in [5, 5.41) is 0. The van der Waals surface area contributed by atoms with Gasteiger partial charge in [0.25, 0.3) is 0 Å². The zero-order valence-electron chi connectivity index (χ0n) is 14.3. The quantitative estimate of drug-likeness (QED) is 0.370. The Morgan fingerprint density at radius 1 is 0.478 bits per heavy atom. The molecule has 0 radical (unpaired) electrons. The van der Waals surface area contributed by atoms with Crippen LogP contribution in [0, 0.1) is 11.8 Å². The summed E-state index contributed by atoms with van der Waals surface area (Å²) in [6.07, 6.45) is 16.7. The molecular weight excluding hydrogens is 443 g/mol. The van der Waals surface area contributed by atoms with Crippen molar-refractivity contribution < 1.29 is 11.2 Å². The molecule has 4 atom stereocenters. The summed E-state index contributed by atoms with van der Waals surface area (Å²) in [7, 11) is 0. The van der Waals surface area contributed by atoms with Gasteiger partial charge < -0.3 is 0 Å². The van der Waals surface area contributed by atoms with E-state index in [1.165, 1.54) is 18.2 Å². The average Bonchev–Trinajstić information content (AvgIpc) is 3.56. The molecule has 1 heteroatoms. The summed E-state index contributed by atoms with van der Waals surface area (Å²) in [5.74, 6) is 2.68. The van der Waals surface area contributed by atoms with E-state index in [4.69, 9.17) is 0 Å².